The van der Waals surface area contributed by atoms with Crippen molar-refractivity contribution < 1.29 is 9.52 Å². The van der Waals surface area contributed by atoms with Gasteiger partial charge >= 0.3 is 0 Å². The highest BCUT2D eigenvalue weighted by Crippen LogP contribution is 2.20. The van der Waals surface area contributed by atoms with Gasteiger partial charge in [0.05, 0.1) is 12.0 Å². The Bertz CT molecular complexity index is 535. The van der Waals surface area contributed by atoms with Crippen LogP contribution in [0.1, 0.15) is 16.9 Å². The van der Waals surface area contributed by atoms with Crippen LogP contribution in [0.2, 0.25) is 0 Å². The second-order valence-corrected chi connectivity index (χ2v) is 4.67. The van der Waals surface area contributed by atoms with Gasteiger partial charge in [0, 0.05) is 11.3 Å². The molecule has 2 aromatic rings. The predicted octanol–water partition coefficient (Wildman–Crippen LogP) is 3.06. The zero-order chi connectivity index (χ0) is 12.6. The van der Waals surface area contributed by atoms with E-state index in [1.54, 1.807) is 18.0 Å². The topological polar surface area (TPSA) is 33.4 Å². The molecule has 3 heteroatoms. The molecule has 0 saturated heterocycles. The van der Waals surface area contributed by atoms with Crippen LogP contribution in [0.5, 0.6) is 0 Å². The van der Waals surface area contributed by atoms with E-state index in [1.165, 1.54) is 5.56 Å². The van der Waals surface area contributed by atoms with Crippen molar-refractivity contribution in [1.82, 2.24) is 0 Å². The smallest absolute Gasteiger partial charge is 0.113 e. The van der Waals surface area contributed by atoms with Crippen LogP contribution >= 0.6 is 11.8 Å². The molecule has 0 bridgehead atoms. The summed E-state index contributed by atoms with van der Waals surface area (Å²) in [5.41, 5.74) is 2.17. The van der Waals surface area contributed by atoms with Gasteiger partial charge in [0.2, 0.25) is 0 Å². The number of thioether (sulfide) groups is 1. The summed E-state index contributed by atoms with van der Waals surface area (Å²) in [4.78, 5) is 0. The third-order valence-electron chi connectivity index (χ3n) is 2.40. The first-order valence-electron chi connectivity index (χ1n) is 5.68. The van der Waals surface area contributed by atoms with Crippen LogP contribution < -0.4 is 0 Å². The molecule has 2 rings (SSSR count). The molecule has 1 aromatic carbocycles. The first-order valence-corrected chi connectivity index (χ1v) is 6.83. The minimum atomic E-state index is -0.103. The average Bonchev–Trinajstić information content (AvgIpc) is 2.91. The second-order valence-electron chi connectivity index (χ2n) is 3.69. The van der Waals surface area contributed by atoms with Crippen LogP contribution in [0.4, 0.5) is 0 Å². The first-order chi connectivity index (χ1) is 8.90. The molecule has 18 heavy (non-hydrogen) atoms. The molecule has 0 fully saturated rings. The van der Waals surface area contributed by atoms with E-state index in [-0.39, 0.29) is 6.61 Å². The van der Waals surface area contributed by atoms with Gasteiger partial charge in [0.15, 0.2) is 0 Å². The van der Waals surface area contributed by atoms with Crippen molar-refractivity contribution in [3.63, 3.8) is 0 Å². The third kappa shape index (κ3) is 3.69. The molecule has 0 radical (unpaired) electrons. The summed E-state index contributed by atoms with van der Waals surface area (Å²) < 4.78 is 5.28. The van der Waals surface area contributed by atoms with E-state index in [0.29, 0.717) is 0 Å². The Balaban J connectivity index is 1.96. The van der Waals surface area contributed by atoms with Crippen molar-refractivity contribution in [3.8, 4) is 11.8 Å². The highest BCUT2D eigenvalue weighted by molar-refractivity contribution is 7.97. The lowest BCUT2D eigenvalue weighted by molar-refractivity contribution is 0.350. The quantitative estimate of drug-likeness (QED) is 0.856. The van der Waals surface area contributed by atoms with Crippen LogP contribution in [0.25, 0.3) is 0 Å². The highest BCUT2D eigenvalue weighted by Gasteiger charge is 2.01. The molecule has 0 unspecified atom stereocenters. The molecule has 0 spiro atoms. The Morgan fingerprint density at radius 2 is 2.00 bits per heavy atom. The molecular weight excluding hydrogens is 244 g/mol. The standard InChI is InChI=1S/C15H14O2S/c16-9-3-7-13-5-1-2-6-14(13)11-18-12-15-8-4-10-17-15/h1-2,4-6,8,10,16H,9,11-12H2. The molecule has 0 aliphatic rings. The predicted molar refractivity (Wildman–Crippen MR) is 74.1 cm³/mol. The fourth-order valence-electron chi connectivity index (χ4n) is 1.56. The van der Waals surface area contributed by atoms with E-state index in [2.05, 4.69) is 17.9 Å². The Morgan fingerprint density at radius 3 is 2.78 bits per heavy atom. The Kier molecular flexibility index (Phi) is 4.95. The lowest BCUT2D eigenvalue weighted by Crippen LogP contribution is -1.88. The van der Waals surface area contributed by atoms with Crippen LogP contribution in [-0.4, -0.2) is 11.7 Å². The van der Waals surface area contributed by atoms with E-state index >= 15 is 0 Å². The Morgan fingerprint density at radius 1 is 1.11 bits per heavy atom. The van der Waals surface area contributed by atoms with Crippen molar-refractivity contribution >= 4 is 11.8 Å². The molecule has 0 atom stereocenters. The van der Waals surface area contributed by atoms with Gasteiger partial charge in [-0.25, -0.2) is 0 Å². The summed E-state index contributed by atoms with van der Waals surface area (Å²) in [5.74, 6) is 8.38. The highest BCUT2D eigenvalue weighted by atomic mass is 32.2. The van der Waals surface area contributed by atoms with Crippen molar-refractivity contribution in [2.24, 2.45) is 0 Å². The van der Waals surface area contributed by atoms with Crippen LogP contribution in [0, 0.1) is 11.8 Å². The van der Waals surface area contributed by atoms with Gasteiger partial charge < -0.3 is 9.52 Å². The lowest BCUT2D eigenvalue weighted by Gasteiger charge is -2.03. The van der Waals surface area contributed by atoms with Gasteiger partial charge in [-0.3, -0.25) is 0 Å². The summed E-state index contributed by atoms with van der Waals surface area (Å²) >= 11 is 1.79. The zero-order valence-electron chi connectivity index (χ0n) is 9.93. The van der Waals surface area contributed by atoms with Crippen molar-refractivity contribution in [3.05, 3.63) is 59.5 Å². The van der Waals surface area contributed by atoms with Crippen LogP contribution in [0.3, 0.4) is 0 Å². The monoisotopic (exact) mass is 258 g/mol. The van der Waals surface area contributed by atoms with Crippen molar-refractivity contribution in [2.45, 2.75) is 11.5 Å². The minimum Gasteiger partial charge on any atom is -0.468 e. The second kappa shape index (κ2) is 6.95. The third-order valence-corrected chi connectivity index (χ3v) is 3.41. The molecule has 1 aromatic heterocycles. The van der Waals surface area contributed by atoms with Gasteiger partial charge in [0.1, 0.15) is 12.4 Å². The molecule has 1 heterocycles. The Labute approximate surface area is 111 Å². The van der Waals surface area contributed by atoms with Crippen molar-refractivity contribution in [2.75, 3.05) is 6.61 Å². The number of furan rings is 1. The van der Waals surface area contributed by atoms with Crippen molar-refractivity contribution in [1.29, 1.82) is 0 Å². The SMILES string of the molecule is OCC#Cc1ccccc1CSCc1ccco1. The summed E-state index contributed by atoms with van der Waals surface area (Å²) in [6.07, 6.45) is 1.69. The number of aliphatic hydroxyl groups is 1. The van der Waals surface area contributed by atoms with Gasteiger partial charge in [-0.15, -0.1) is 11.8 Å². The molecule has 0 amide bonds. The Hall–Kier alpha value is -1.63. The molecule has 1 N–H and O–H groups in total. The molecule has 0 aliphatic carbocycles. The summed E-state index contributed by atoms with van der Waals surface area (Å²) in [6.45, 7) is -0.103. The maximum Gasteiger partial charge on any atom is 0.113 e. The lowest BCUT2D eigenvalue weighted by atomic mass is 10.1. The van der Waals surface area contributed by atoms with Gasteiger partial charge in [-0.1, -0.05) is 30.0 Å². The van der Waals surface area contributed by atoms with Gasteiger partial charge in [-0.05, 0) is 23.8 Å². The number of rotatable bonds is 4. The molecule has 0 saturated carbocycles. The van der Waals surface area contributed by atoms with E-state index in [0.717, 1.165) is 22.8 Å². The minimum absolute atomic E-state index is 0.103. The largest absolute Gasteiger partial charge is 0.468 e. The van der Waals surface area contributed by atoms with Crippen LogP contribution in [0.15, 0.2) is 47.1 Å². The number of hydrogen-bond donors (Lipinski definition) is 1. The molecular formula is C15H14O2S. The van der Waals surface area contributed by atoms with Crippen LogP contribution in [-0.2, 0) is 11.5 Å². The summed E-state index contributed by atoms with van der Waals surface area (Å²) in [6, 6.07) is 11.9. The maximum atomic E-state index is 8.73. The molecule has 92 valence electrons. The zero-order valence-corrected chi connectivity index (χ0v) is 10.7. The van der Waals surface area contributed by atoms with Gasteiger partial charge in [0.25, 0.3) is 0 Å². The fraction of sp³-hybridized carbons (Fsp3) is 0.200. The average molecular weight is 258 g/mol. The van der Waals surface area contributed by atoms with E-state index < -0.39 is 0 Å². The normalized spacial score (nSPS) is 9.83. The van der Waals surface area contributed by atoms with E-state index in [9.17, 15) is 0 Å². The first kappa shape index (κ1) is 12.8. The van der Waals surface area contributed by atoms with E-state index in [1.807, 2.05) is 30.3 Å². The van der Waals surface area contributed by atoms with E-state index in [4.69, 9.17) is 9.52 Å². The summed E-state index contributed by atoms with van der Waals surface area (Å²) in [7, 11) is 0. The molecule has 0 aliphatic heterocycles. The number of benzene rings is 1. The number of hydrogen-bond acceptors (Lipinski definition) is 3. The maximum absolute atomic E-state index is 8.73. The number of aliphatic hydroxyl groups excluding tert-OH is 1. The van der Waals surface area contributed by atoms with Gasteiger partial charge in [-0.2, -0.15) is 0 Å². The molecule has 2 nitrogen and oxygen atoms in total. The fourth-order valence-corrected chi connectivity index (χ4v) is 2.50. The summed E-state index contributed by atoms with van der Waals surface area (Å²) in [5, 5.41) is 8.73.